The molecule has 0 saturated carbocycles. The minimum Gasteiger partial charge on any atom is -0.350 e. The number of imidazole rings is 1. The first-order valence-electron chi connectivity index (χ1n) is 8.72. The number of aromatic nitrogens is 3. The maximum Gasteiger partial charge on any atom is 0.243 e. The lowest BCUT2D eigenvalue weighted by atomic mass is 10.2. The van der Waals surface area contributed by atoms with Crippen molar-refractivity contribution < 1.29 is 13.2 Å². The summed E-state index contributed by atoms with van der Waals surface area (Å²) in [7, 11) is -3.75. The van der Waals surface area contributed by atoms with Crippen molar-refractivity contribution in [3.05, 3.63) is 54.3 Å². The molecule has 3 heterocycles. The van der Waals surface area contributed by atoms with Gasteiger partial charge in [-0.05, 0) is 12.5 Å². The van der Waals surface area contributed by atoms with Crippen LogP contribution in [0.25, 0.3) is 10.8 Å². The van der Waals surface area contributed by atoms with Crippen LogP contribution >= 0.6 is 11.6 Å². The molecule has 1 atom stereocenters. The highest BCUT2D eigenvalue weighted by molar-refractivity contribution is 7.89. The molecule has 0 aliphatic carbocycles. The van der Waals surface area contributed by atoms with Gasteiger partial charge in [0, 0.05) is 54.7 Å². The average molecular weight is 420 g/mol. The fraction of sp³-hybridized carbons (Fsp3) is 0.278. The third kappa shape index (κ3) is 3.60. The second-order valence-electron chi connectivity index (χ2n) is 6.63. The lowest BCUT2D eigenvalue weighted by Crippen LogP contribution is -2.39. The van der Waals surface area contributed by atoms with Gasteiger partial charge < -0.3 is 9.88 Å². The molecule has 4 rings (SSSR count). The Bertz CT molecular complexity index is 1110. The zero-order valence-corrected chi connectivity index (χ0v) is 16.4. The Kier molecular flexibility index (Phi) is 5.05. The predicted molar refractivity (Wildman–Crippen MR) is 104 cm³/mol. The molecule has 1 saturated heterocycles. The molecule has 0 unspecified atom stereocenters. The molecule has 1 aliphatic heterocycles. The van der Waals surface area contributed by atoms with Crippen LogP contribution in [-0.2, 0) is 21.4 Å². The van der Waals surface area contributed by atoms with Crippen LogP contribution in [0.1, 0.15) is 6.42 Å². The van der Waals surface area contributed by atoms with Crippen molar-refractivity contribution in [3.63, 3.8) is 0 Å². The van der Waals surface area contributed by atoms with Crippen molar-refractivity contribution in [2.75, 3.05) is 13.1 Å². The summed E-state index contributed by atoms with van der Waals surface area (Å²) < 4.78 is 29.5. The zero-order chi connectivity index (χ0) is 19.7. The second-order valence-corrected chi connectivity index (χ2v) is 8.94. The highest BCUT2D eigenvalue weighted by atomic mass is 35.5. The fourth-order valence-corrected chi connectivity index (χ4v) is 5.46. The molecule has 0 spiro atoms. The van der Waals surface area contributed by atoms with E-state index in [0.29, 0.717) is 28.8 Å². The van der Waals surface area contributed by atoms with E-state index in [-0.39, 0.29) is 29.9 Å². The molecule has 10 heteroatoms. The Morgan fingerprint density at radius 2 is 2.14 bits per heavy atom. The Hall–Kier alpha value is -2.49. The topological polar surface area (TPSA) is 97.2 Å². The number of benzene rings is 1. The first-order chi connectivity index (χ1) is 13.4. The number of amides is 1. The molecule has 0 bridgehead atoms. The Morgan fingerprint density at radius 1 is 1.29 bits per heavy atom. The number of hydrogen-bond acceptors (Lipinski definition) is 5. The van der Waals surface area contributed by atoms with E-state index < -0.39 is 10.0 Å². The number of pyridine rings is 1. The summed E-state index contributed by atoms with van der Waals surface area (Å²) in [6.07, 6.45) is 8.43. The lowest BCUT2D eigenvalue weighted by molar-refractivity contribution is -0.122. The quantitative estimate of drug-likeness (QED) is 0.678. The van der Waals surface area contributed by atoms with E-state index >= 15 is 0 Å². The number of hydrogen-bond donors (Lipinski definition) is 1. The molecule has 0 radical (unpaired) electrons. The van der Waals surface area contributed by atoms with Gasteiger partial charge in [0.15, 0.2) is 0 Å². The monoisotopic (exact) mass is 419 g/mol. The van der Waals surface area contributed by atoms with Gasteiger partial charge in [0.2, 0.25) is 15.9 Å². The van der Waals surface area contributed by atoms with E-state index in [9.17, 15) is 13.2 Å². The van der Waals surface area contributed by atoms with E-state index in [2.05, 4.69) is 15.3 Å². The third-order valence-electron chi connectivity index (χ3n) is 4.72. The molecule has 1 fully saturated rings. The van der Waals surface area contributed by atoms with Gasteiger partial charge in [0.1, 0.15) is 6.54 Å². The van der Waals surface area contributed by atoms with Gasteiger partial charge in [0.05, 0.1) is 16.2 Å². The van der Waals surface area contributed by atoms with Crippen LogP contribution in [0.15, 0.2) is 54.2 Å². The fourth-order valence-electron chi connectivity index (χ4n) is 3.40. The Balaban J connectivity index is 1.51. The molecule has 28 heavy (non-hydrogen) atoms. The average Bonchev–Trinajstić information content (AvgIpc) is 3.34. The number of sulfonamides is 1. The van der Waals surface area contributed by atoms with Gasteiger partial charge in [-0.25, -0.2) is 13.4 Å². The molecular formula is C18H18ClN5O3S. The molecule has 8 nitrogen and oxygen atoms in total. The minimum absolute atomic E-state index is 0.148. The summed E-state index contributed by atoms with van der Waals surface area (Å²) in [5.41, 5.74) is 0. The molecule has 146 valence electrons. The molecule has 1 N–H and O–H groups in total. The normalized spacial score (nSPS) is 17.8. The van der Waals surface area contributed by atoms with Crippen molar-refractivity contribution in [1.82, 2.24) is 24.2 Å². The SMILES string of the molecule is O=C(Cn1ccnc1)N[C@@H]1CCN(S(=O)(=O)c2cccc3cncc(Cl)c23)C1. The van der Waals surface area contributed by atoms with E-state index in [1.54, 1.807) is 47.7 Å². The summed E-state index contributed by atoms with van der Waals surface area (Å²) in [4.78, 5) is 20.2. The van der Waals surface area contributed by atoms with Gasteiger partial charge in [0.25, 0.3) is 0 Å². The number of rotatable bonds is 5. The van der Waals surface area contributed by atoms with E-state index in [4.69, 9.17) is 11.6 Å². The molecular weight excluding hydrogens is 402 g/mol. The van der Waals surface area contributed by atoms with Gasteiger partial charge >= 0.3 is 0 Å². The summed E-state index contributed by atoms with van der Waals surface area (Å²) >= 11 is 6.23. The second kappa shape index (κ2) is 7.50. The summed E-state index contributed by atoms with van der Waals surface area (Å²) in [5, 5.41) is 4.31. The van der Waals surface area contributed by atoms with Crippen molar-refractivity contribution in [3.8, 4) is 0 Å². The Morgan fingerprint density at radius 3 is 2.93 bits per heavy atom. The smallest absolute Gasteiger partial charge is 0.243 e. The first kappa shape index (κ1) is 18.9. The van der Waals surface area contributed by atoms with Crippen molar-refractivity contribution in [2.24, 2.45) is 0 Å². The van der Waals surface area contributed by atoms with Crippen LogP contribution in [0, 0.1) is 0 Å². The predicted octanol–water partition coefficient (Wildman–Crippen LogP) is 1.66. The van der Waals surface area contributed by atoms with Crippen LogP contribution in [0.4, 0.5) is 0 Å². The molecule has 1 amide bonds. The van der Waals surface area contributed by atoms with E-state index in [1.807, 2.05) is 0 Å². The molecule has 1 aromatic carbocycles. The maximum absolute atomic E-state index is 13.2. The first-order valence-corrected chi connectivity index (χ1v) is 10.5. The highest BCUT2D eigenvalue weighted by Gasteiger charge is 2.34. The largest absolute Gasteiger partial charge is 0.350 e. The van der Waals surface area contributed by atoms with E-state index in [0.717, 1.165) is 0 Å². The van der Waals surface area contributed by atoms with Crippen molar-refractivity contribution in [2.45, 2.75) is 23.9 Å². The highest BCUT2D eigenvalue weighted by Crippen LogP contribution is 2.32. The molecule has 3 aromatic rings. The van der Waals surface area contributed by atoms with Crippen LogP contribution in [0.3, 0.4) is 0 Å². The van der Waals surface area contributed by atoms with Crippen LogP contribution in [0.2, 0.25) is 5.02 Å². The van der Waals surface area contributed by atoms with Crippen LogP contribution in [-0.4, -0.2) is 52.3 Å². The Labute approximate surface area is 167 Å². The number of carbonyl (C=O) groups is 1. The van der Waals surface area contributed by atoms with Gasteiger partial charge in [-0.1, -0.05) is 23.7 Å². The van der Waals surface area contributed by atoms with E-state index in [1.165, 1.54) is 10.5 Å². The number of carbonyl (C=O) groups excluding carboxylic acids is 1. The zero-order valence-electron chi connectivity index (χ0n) is 14.8. The summed E-state index contributed by atoms with van der Waals surface area (Å²) in [5.74, 6) is -0.179. The summed E-state index contributed by atoms with van der Waals surface area (Å²) in [6, 6.07) is 4.76. The number of halogens is 1. The lowest BCUT2D eigenvalue weighted by Gasteiger charge is -2.19. The van der Waals surface area contributed by atoms with Crippen molar-refractivity contribution >= 4 is 38.3 Å². The third-order valence-corrected chi connectivity index (χ3v) is 6.91. The number of nitrogens with one attached hydrogen (secondary N) is 1. The standard InChI is InChI=1S/C18H18ClN5O3S/c19-15-9-21-8-13-2-1-3-16(18(13)15)28(26,27)24-6-4-14(10-24)22-17(25)11-23-7-5-20-12-23/h1-3,5,7-9,12,14H,4,6,10-11H2,(H,22,25)/t14-/m1/s1. The minimum atomic E-state index is -3.75. The van der Waals surface area contributed by atoms with Crippen molar-refractivity contribution in [1.29, 1.82) is 0 Å². The summed E-state index contributed by atoms with van der Waals surface area (Å²) in [6.45, 7) is 0.698. The molecule has 2 aromatic heterocycles. The molecule has 1 aliphatic rings. The van der Waals surface area contributed by atoms with Gasteiger partial charge in [-0.15, -0.1) is 0 Å². The van der Waals surface area contributed by atoms with Gasteiger partial charge in [-0.2, -0.15) is 4.31 Å². The maximum atomic E-state index is 13.2. The van der Waals surface area contributed by atoms with Crippen LogP contribution in [0.5, 0.6) is 0 Å². The van der Waals surface area contributed by atoms with Gasteiger partial charge in [-0.3, -0.25) is 9.78 Å². The number of nitrogens with zero attached hydrogens (tertiary/aromatic N) is 4. The van der Waals surface area contributed by atoms with Crippen LogP contribution < -0.4 is 5.32 Å². The number of fused-ring (bicyclic) bond motifs is 1.